The fourth-order valence-electron chi connectivity index (χ4n) is 2.60. The number of imidazole rings is 1. The van der Waals surface area contributed by atoms with E-state index in [2.05, 4.69) is 20.6 Å². The van der Waals surface area contributed by atoms with Crippen molar-refractivity contribution < 1.29 is 9.47 Å². The molecule has 3 rings (SSSR count). The molecule has 1 unspecified atom stereocenters. The van der Waals surface area contributed by atoms with Gasteiger partial charge < -0.3 is 20.1 Å². The van der Waals surface area contributed by atoms with Crippen molar-refractivity contribution in [1.29, 1.82) is 0 Å². The molecule has 24 heavy (non-hydrogen) atoms. The number of nitrogens with zero attached hydrogens (tertiary/aromatic N) is 3. The lowest BCUT2D eigenvalue weighted by atomic mass is 10.1. The van der Waals surface area contributed by atoms with E-state index in [1.807, 2.05) is 22.2 Å². The average Bonchev–Trinajstić information content (AvgIpc) is 3.30. The number of nitrogens with one attached hydrogen (secondary N) is 2. The largest absolute Gasteiger partial charge is 0.381 e. The van der Waals surface area contributed by atoms with Crippen LogP contribution < -0.4 is 10.6 Å². The number of ether oxygens (including phenoxy) is 2. The third kappa shape index (κ3) is 4.93. The Labute approximate surface area is 146 Å². The third-order valence-electron chi connectivity index (χ3n) is 3.94. The Morgan fingerprint density at radius 2 is 2.50 bits per heavy atom. The summed E-state index contributed by atoms with van der Waals surface area (Å²) in [5.41, 5.74) is 1.01. The van der Waals surface area contributed by atoms with Crippen molar-refractivity contribution >= 4 is 22.3 Å². The first kappa shape index (κ1) is 17.2. The zero-order valence-corrected chi connectivity index (χ0v) is 14.8. The van der Waals surface area contributed by atoms with E-state index in [9.17, 15) is 0 Å². The maximum atomic E-state index is 5.70. The minimum atomic E-state index is 0.580. The lowest BCUT2D eigenvalue weighted by Gasteiger charge is -2.12. The van der Waals surface area contributed by atoms with Gasteiger partial charge in [-0.2, -0.15) is 0 Å². The fraction of sp³-hybridized carbons (Fsp3) is 0.625. The number of hydrogen-bond acceptors (Lipinski definition) is 5. The van der Waals surface area contributed by atoms with E-state index in [0.29, 0.717) is 12.5 Å². The minimum Gasteiger partial charge on any atom is -0.381 e. The summed E-state index contributed by atoms with van der Waals surface area (Å²) in [6, 6.07) is 0. The second-order valence-electron chi connectivity index (χ2n) is 5.84. The second kappa shape index (κ2) is 9.00. The SMILES string of the molecule is CN=C(NCCCOCC1CCOC1)NCc1cn2ccsc2n1. The molecule has 8 heteroatoms. The van der Waals surface area contributed by atoms with Gasteiger partial charge in [0.05, 0.1) is 25.5 Å². The lowest BCUT2D eigenvalue weighted by Crippen LogP contribution is -2.37. The molecule has 1 aliphatic rings. The predicted molar refractivity (Wildman–Crippen MR) is 95.6 cm³/mol. The van der Waals surface area contributed by atoms with E-state index >= 15 is 0 Å². The summed E-state index contributed by atoms with van der Waals surface area (Å²) < 4.78 is 13.1. The zero-order valence-electron chi connectivity index (χ0n) is 14.0. The molecule has 0 aliphatic carbocycles. The minimum absolute atomic E-state index is 0.580. The normalized spacial score (nSPS) is 18.4. The molecule has 1 saturated heterocycles. The molecule has 2 N–H and O–H groups in total. The van der Waals surface area contributed by atoms with Crippen LogP contribution in [0.4, 0.5) is 0 Å². The van der Waals surface area contributed by atoms with Crippen molar-refractivity contribution in [3.8, 4) is 0 Å². The van der Waals surface area contributed by atoms with E-state index in [4.69, 9.17) is 9.47 Å². The van der Waals surface area contributed by atoms with Gasteiger partial charge in [0.25, 0.3) is 0 Å². The number of fused-ring (bicyclic) bond motifs is 1. The molecule has 0 bridgehead atoms. The van der Waals surface area contributed by atoms with Crippen LogP contribution in [-0.2, 0) is 16.0 Å². The van der Waals surface area contributed by atoms with Gasteiger partial charge in [-0.3, -0.25) is 9.39 Å². The summed E-state index contributed by atoms with van der Waals surface area (Å²) in [6.45, 7) is 4.79. The highest BCUT2D eigenvalue weighted by atomic mass is 32.1. The molecular formula is C16H25N5O2S. The highest BCUT2D eigenvalue weighted by Gasteiger charge is 2.15. The summed E-state index contributed by atoms with van der Waals surface area (Å²) in [5.74, 6) is 1.37. The number of guanidine groups is 1. The van der Waals surface area contributed by atoms with Crippen LogP contribution in [0.5, 0.6) is 0 Å². The fourth-order valence-corrected chi connectivity index (χ4v) is 3.32. The topological polar surface area (TPSA) is 72.2 Å². The maximum Gasteiger partial charge on any atom is 0.193 e. The molecule has 2 aromatic heterocycles. The molecule has 1 atom stereocenters. The van der Waals surface area contributed by atoms with Crippen molar-refractivity contribution in [2.45, 2.75) is 19.4 Å². The van der Waals surface area contributed by atoms with Crippen LogP contribution in [0.2, 0.25) is 0 Å². The Kier molecular flexibility index (Phi) is 6.45. The smallest absolute Gasteiger partial charge is 0.193 e. The van der Waals surface area contributed by atoms with Gasteiger partial charge in [-0.1, -0.05) is 0 Å². The van der Waals surface area contributed by atoms with Gasteiger partial charge in [-0.05, 0) is 12.8 Å². The van der Waals surface area contributed by atoms with Crippen molar-refractivity contribution in [3.63, 3.8) is 0 Å². The first-order chi connectivity index (χ1) is 11.8. The molecular weight excluding hydrogens is 326 g/mol. The van der Waals surface area contributed by atoms with Crippen molar-refractivity contribution in [1.82, 2.24) is 20.0 Å². The van der Waals surface area contributed by atoms with E-state index in [0.717, 1.165) is 62.4 Å². The third-order valence-corrected chi connectivity index (χ3v) is 4.71. The first-order valence-electron chi connectivity index (χ1n) is 8.36. The summed E-state index contributed by atoms with van der Waals surface area (Å²) in [6.07, 6.45) is 6.13. The van der Waals surface area contributed by atoms with E-state index in [1.165, 1.54) is 0 Å². The van der Waals surface area contributed by atoms with E-state index < -0.39 is 0 Å². The summed E-state index contributed by atoms with van der Waals surface area (Å²) in [7, 11) is 1.78. The van der Waals surface area contributed by atoms with Crippen molar-refractivity contribution in [2.75, 3.05) is 40.0 Å². The van der Waals surface area contributed by atoms with Gasteiger partial charge in [-0.25, -0.2) is 4.98 Å². The average molecular weight is 351 g/mol. The van der Waals surface area contributed by atoms with Gasteiger partial charge in [0, 0.05) is 50.5 Å². The zero-order chi connectivity index (χ0) is 16.6. The first-order valence-corrected chi connectivity index (χ1v) is 9.24. The Hall–Kier alpha value is -1.64. The Balaban J connectivity index is 1.28. The molecule has 0 amide bonds. The molecule has 0 spiro atoms. The van der Waals surface area contributed by atoms with Gasteiger partial charge in [0.2, 0.25) is 0 Å². The van der Waals surface area contributed by atoms with Gasteiger partial charge >= 0.3 is 0 Å². The monoisotopic (exact) mass is 351 g/mol. The summed E-state index contributed by atoms with van der Waals surface area (Å²) in [4.78, 5) is 9.79. The molecule has 7 nitrogen and oxygen atoms in total. The molecule has 132 valence electrons. The quantitative estimate of drug-likeness (QED) is 0.428. The van der Waals surface area contributed by atoms with Crippen LogP contribution in [0.3, 0.4) is 0 Å². The standard InChI is InChI=1S/C16H25N5O2S/c1-17-15(18-4-2-6-22-11-13-3-7-23-12-13)19-9-14-10-21-5-8-24-16(21)20-14/h5,8,10,13H,2-4,6-7,9,11-12H2,1H3,(H2,17,18,19). The van der Waals surface area contributed by atoms with Crippen LogP contribution >= 0.6 is 11.3 Å². The van der Waals surface area contributed by atoms with Crippen molar-refractivity contribution in [3.05, 3.63) is 23.5 Å². The highest BCUT2D eigenvalue weighted by Crippen LogP contribution is 2.12. The van der Waals surface area contributed by atoms with Crippen LogP contribution in [-0.4, -0.2) is 55.4 Å². The number of hydrogen-bond donors (Lipinski definition) is 2. The number of aromatic nitrogens is 2. The molecule has 2 aromatic rings. The van der Waals surface area contributed by atoms with Crippen LogP contribution in [0, 0.1) is 5.92 Å². The van der Waals surface area contributed by atoms with Crippen molar-refractivity contribution in [2.24, 2.45) is 10.9 Å². The molecule has 1 aliphatic heterocycles. The van der Waals surface area contributed by atoms with Gasteiger partial charge in [0.15, 0.2) is 10.9 Å². The maximum absolute atomic E-state index is 5.70. The Bertz CT molecular complexity index is 619. The number of thiazole rings is 1. The Morgan fingerprint density at radius 3 is 3.29 bits per heavy atom. The van der Waals surface area contributed by atoms with Crippen LogP contribution in [0.15, 0.2) is 22.8 Å². The number of rotatable bonds is 8. The Morgan fingerprint density at radius 1 is 1.54 bits per heavy atom. The van der Waals surface area contributed by atoms with E-state index in [-0.39, 0.29) is 0 Å². The molecule has 0 saturated carbocycles. The second-order valence-corrected chi connectivity index (χ2v) is 6.71. The predicted octanol–water partition coefficient (Wildman–Crippen LogP) is 1.50. The molecule has 1 fully saturated rings. The number of aliphatic imine (C=N–C) groups is 1. The molecule has 3 heterocycles. The summed E-state index contributed by atoms with van der Waals surface area (Å²) >= 11 is 1.64. The molecule has 0 radical (unpaired) electrons. The van der Waals surface area contributed by atoms with Gasteiger partial charge in [0.1, 0.15) is 0 Å². The summed E-state index contributed by atoms with van der Waals surface area (Å²) in [5, 5.41) is 8.61. The van der Waals surface area contributed by atoms with Crippen LogP contribution in [0.1, 0.15) is 18.5 Å². The van der Waals surface area contributed by atoms with E-state index in [1.54, 1.807) is 18.4 Å². The highest BCUT2D eigenvalue weighted by molar-refractivity contribution is 7.15. The lowest BCUT2D eigenvalue weighted by molar-refractivity contribution is 0.0888. The van der Waals surface area contributed by atoms with Gasteiger partial charge in [-0.15, -0.1) is 11.3 Å². The molecule has 0 aromatic carbocycles. The van der Waals surface area contributed by atoms with Crippen LogP contribution in [0.25, 0.3) is 4.96 Å².